The molecule has 21 heavy (non-hydrogen) atoms. The lowest BCUT2D eigenvalue weighted by atomic mass is 10.2. The zero-order valence-corrected chi connectivity index (χ0v) is 13.8. The van der Waals surface area contributed by atoms with Crippen molar-refractivity contribution in [1.29, 1.82) is 0 Å². The fourth-order valence-electron chi connectivity index (χ4n) is 2.97. The Bertz CT molecular complexity index is 584. The van der Waals surface area contributed by atoms with Gasteiger partial charge in [-0.15, -0.1) is 11.3 Å². The summed E-state index contributed by atoms with van der Waals surface area (Å²) in [6, 6.07) is 0. The van der Waals surface area contributed by atoms with Crippen LogP contribution in [0.5, 0.6) is 0 Å². The lowest BCUT2D eigenvalue weighted by Gasteiger charge is -2.36. The van der Waals surface area contributed by atoms with Crippen molar-refractivity contribution in [2.75, 3.05) is 24.5 Å². The second-order valence-electron chi connectivity index (χ2n) is 5.78. The third-order valence-corrected chi connectivity index (χ3v) is 4.53. The third-order valence-electron chi connectivity index (χ3n) is 3.78. The molecule has 1 saturated heterocycles. The molecule has 0 bridgehead atoms. The van der Waals surface area contributed by atoms with Gasteiger partial charge in [-0.3, -0.25) is 4.40 Å². The van der Waals surface area contributed by atoms with Crippen LogP contribution in [0.2, 0.25) is 0 Å². The van der Waals surface area contributed by atoms with E-state index in [0.29, 0.717) is 0 Å². The summed E-state index contributed by atoms with van der Waals surface area (Å²) in [5.41, 5.74) is 1.26. The van der Waals surface area contributed by atoms with E-state index in [4.69, 9.17) is 9.72 Å². The summed E-state index contributed by atoms with van der Waals surface area (Å²) in [6.07, 6.45) is 3.77. The predicted molar refractivity (Wildman–Crippen MR) is 87.3 cm³/mol. The van der Waals surface area contributed by atoms with Crippen LogP contribution < -0.4 is 10.2 Å². The lowest BCUT2D eigenvalue weighted by Crippen LogP contribution is -2.46. The number of nitrogens with one attached hydrogen (secondary N) is 1. The van der Waals surface area contributed by atoms with E-state index in [0.717, 1.165) is 43.4 Å². The first-order chi connectivity index (χ1) is 10.2. The van der Waals surface area contributed by atoms with Gasteiger partial charge in [0.25, 0.3) is 0 Å². The Kier molecular flexibility index (Phi) is 4.47. The number of hydrogen-bond acceptors (Lipinski definition) is 5. The molecule has 0 aliphatic carbocycles. The van der Waals surface area contributed by atoms with Crippen molar-refractivity contribution in [3.05, 3.63) is 17.3 Å². The average Bonchev–Trinajstić information content (AvgIpc) is 3.00. The minimum atomic E-state index is 0.255. The zero-order chi connectivity index (χ0) is 14.8. The molecule has 116 valence electrons. The summed E-state index contributed by atoms with van der Waals surface area (Å²) >= 11 is 1.69. The fourth-order valence-corrected chi connectivity index (χ4v) is 3.70. The van der Waals surface area contributed by atoms with Crippen LogP contribution in [0.4, 0.5) is 5.82 Å². The molecule has 0 saturated carbocycles. The molecule has 1 aliphatic rings. The molecule has 0 amide bonds. The number of anilines is 1. The van der Waals surface area contributed by atoms with Crippen molar-refractivity contribution in [1.82, 2.24) is 14.7 Å². The van der Waals surface area contributed by atoms with Gasteiger partial charge in [-0.2, -0.15) is 0 Å². The molecule has 3 heterocycles. The van der Waals surface area contributed by atoms with Gasteiger partial charge in [0.2, 0.25) is 0 Å². The molecule has 0 radical (unpaired) electrons. The highest BCUT2D eigenvalue weighted by Crippen LogP contribution is 2.27. The Labute approximate surface area is 129 Å². The van der Waals surface area contributed by atoms with Crippen molar-refractivity contribution in [3.8, 4) is 0 Å². The van der Waals surface area contributed by atoms with Crippen molar-refractivity contribution >= 4 is 22.1 Å². The first-order valence-corrected chi connectivity index (χ1v) is 8.62. The first kappa shape index (κ1) is 14.8. The van der Waals surface area contributed by atoms with Crippen LogP contribution in [-0.4, -0.2) is 41.2 Å². The molecule has 2 atom stereocenters. The van der Waals surface area contributed by atoms with Crippen LogP contribution >= 0.6 is 11.3 Å². The van der Waals surface area contributed by atoms with E-state index >= 15 is 0 Å². The van der Waals surface area contributed by atoms with Gasteiger partial charge in [0.15, 0.2) is 10.8 Å². The van der Waals surface area contributed by atoms with Gasteiger partial charge in [-0.1, -0.05) is 6.92 Å². The maximum Gasteiger partial charge on any atom is 0.195 e. The molecule has 3 rings (SSSR count). The van der Waals surface area contributed by atoms with Gasteiger partial charge in [0, 0.05) is 31.2 Å². The van der Waals surface area contributed by atoms with Gasteiger partial charge in [0.1, 0.15) is 0 Å². The Balaban J connectivity index is 1.89. The number of nitrogens with zero attached hydrogens (tertiary/aromatic N) is 3. The van der Waals surface area contributed by atoms with E-state index in [2.05, 4.69) is 47.0 Å². The van der Waals surface area contributed by atoms with Crippen molar-refractivity contribution in [2.45, 2.75) is 45.9 Å². The maximum absolute atomic E-state index is 5.84. The van der Waals surface area contributed by atoms with Crippen molar-refractivity contribution in [3.63, 3.8) is 0 Å². The summed E-state index contributed by atoms with van der Waals surface area (Å²) in [4.78, 5) is 8.31. The van der Waals surface area contributed by atoms with Crippen LogP contribution in [-0.2, 0) is 11.3 Å². The van der Waals surface area contributed by atoms with Gasteiger partial charge < -0.3 is 15.0 Å². The Hall–Kier alpha value is -1.11. The standard InChI is InChI=1S/C15H24N4OS/c1-4-5-16-8-13-14(17-15-19(13)6-7-21-15)18-9-11(2)20-12(3)10-18/h6-7,11-12,16H,4-5,8-10H2,1-3H3/t11-,12+. The summed E-state index contributed by atoms with van der Waals surface area (Å²) in [5, 5.41) is 5.60. The molecule has 2 aromatic heterocycles. The SMILES string of the molecule is CCCNCc1c(N2C[C@@H](C)O[C@@H](C)C2)nc2sccn12. The molecule has 0 unspecified atom stereocenters. The molecule has 1 N–H and O–H groups in total. The topological polar surface area (TPSA) is 41.8 Å². The van der Waals surface area contributed by atoms with Gasteiger partial charge >= 0.3 is 0 Å². The summed E-state index contributed by atoms with van der Waals surface area (Å²) in [6.45, 7) is 10.2. The summed E-state index contributed by atoms with van der Waals surface area (Å²) < 4.78 is 8.06. The largest absolute Gasteiger partial charge is 0.372 e. The third kappa shape index (κ3) is 3.07. The van der Waals surface area contributed by atoms with Crippen molar-refractivity contribution in [2.24, 2.45) is 0 Å². The number of morpholine rings is 1. The average molecular weight is 308 g/mol. The van der Waals surface area contributed by atoms with E-state index in [1.165, 1.54) is 5.69 Å². The molecule has 2 aromatic rings. The lowest BCUT2D eigenvalue weighted by molar-refractivity contribution is -0.00548. The first-order valence-electron chi connectivity index (χ1n) is 7.74. The van der Waals surface area contributed by atoms with Crippen LogP contribution in [0.3, 0.4) is 0 Å². The Morgan fingerprint density at radius 3 is 2.86 bits per heavy atom. The summed E-state index contributed by atoms with van der Waals surface area (Å²) in [7, 11) is 0. The van der Waals surface area contributed by atoms with Crippen LogP contribution in [0.15, 0.2) is 11.6 Å². The zero-order valence-electron chi connectivity index (χ0n) is 13.0. The van der Waals surface area contributed by atoms with Crippen molar-refractivity contribution < 1.29 is 4.74 Å². The molecule has 1 fully saturated rings. The number of fused-ring (bicyclic) bond motifs is 1. The highest BCUT2D eigenvalue weighted by atomic mass is 32.1. The second kappa shape index (κ2) is 6.34. The van der Waals surface area contributed by atoms with E-state index < -0.39 is 0 Å². The maximum atomic E-state index is 5.84. The number of aromatic nitrogens is 2. The Morgan fingerprint density at radius 1 is 1.38 bits per heavy atom. The fraction of sp³-hybridized carbons (Fsp3) is 0.667. The molecule has 0 spiro atoms. The van der Waals surface area contributed by atoms with E-state index in [1.54, 1.807) is 11.3 Å². The normalized spacial score (nSPS) is 23.1. The minimum Gasteiger partial charge on any atom is -0.372 e. The number of thiazole rings is 1. The van der Waals surface area contributed by atoms with E-state index in [9.17, 15) is 0 Å². The van der Waals surface area contributed by atoms with E-state index in [-0.39, 0.29) is 12.2 Å². The molecular formula is C15H24N4OS. The van der Waals surface area contributed by atoms with Gasteiger partial charge in [0.05, 0.1) is 17.9 Å². The number of hydrogen-bond donors (Lipinski definition) is 1. The number of ether oxygens (including phenoxy) is 1. The quantitative estimate of drug-likeness (QED) is 0.862. The van der Waals surface area contributed by atoms with Crippen LogP contribution in [0, 0.1) is 0 Å². The number of rotatable bonds is 5. The highest BCUT2D eigenvalue weighted by Gasteiger charge is 2.26. The predicted octanol–water partition coefficient (Wildman–Crippen LogP) is 2.51. The van der Waals surface area contributed by atoms with Gasteiger partial charge in [-0.05, 0) is 26.8 Å². The molecule has 0 aromatic carbocycles. The molecule has 5 nitrogen and oxygen atoms in total. The molecule has 1 aliphatic heterocycles. The highest BCUT2D eigenvalue weighted by molar-refractivity contribution is 7.15. The Morgan fingerprint density at radius 2 is 2.14 bits per heavy atom. The molecular weight excluding hydrogens is 284 g/mol. The minimum absolute atomic E-state index is 0.255. The molecule has 6 heteroatoms. The summed E-state index contributed by atoms with van der Waals surface area (Å²) in [5.74, 6) is 1.12. The number of imidazole rings is 1. The second-order valence-corrected chi connectivity index (χ2v) is 6.65. The smallest absolute Gasteiger partial charge is 0.195 e. The van der Waals surface area contributed by atoms with Crippen LogP contribution in [0.25, 0.3) is 4.96 Å². The van der Waals surface area contributed by atoms with Gasteiger partial charge in [-0.25, -0.2) is 4.98 Å². The van der Waals surface area contributed by atoms with Crippen LogP contribution in [0.1, 0.15) is 32.9 Å². The monoisotopic (exact) mass is 308 g/mol. The van der Waals surface area contributed by atoms with E-state index in [1.807, 2.05) is 0 Å².